The van der Waals surface area contributed by atoms with Gasteiger partial charge in [-0.1, -0.05) is 18.6 Å². The Hall–Kier alpha value is -2.17. The van der Waals surface area contributed by atoms with Gasteiger partial charge in [-0.05, 0) is 37.5 Å². The molecule has 1 saturated carbocycles. The van der Waals surface area contributed by atoms with E-state index in [1.54, 1.807) is 4.68 Å². The Morgan fingerprint density at radius 1 is 1.32 bits per heavy atom. The van der Waals surface area contributed by atoms with Gasteiger partial charge in [0, 0.05) is 25.2 Å². The molecule has 9 heteroatoms. The van der Waals surface area contributed by atoms with Crippen molar-refractivity contribution in [3.63, 3.8) is 0 Å². The van der Waals surface area contributed by atoms with Gasteiger partial charge < -0.3 is 16.0 Å². The Labute approximate surface area is 182 Å². The third-order valence-electron chi connectivity index (χ3n) is 4.65. The maximum absolute atomic E-state index is 12.1. The maximum Gasteiger partial charge on any atom is 0.227 e. The molecular weight excluding hydrogens is 469 g/mol. The zero-order chi connectivity index (χ0) is 19.1. The number of aliphatic imine (C=N–C) groups is 1. The van der Waals surface area contributed by atoms with Crippen molar-refractivity contribution in [3.8, 4) is 0 Å². The number of halogens is 1. The van der Waals surface area contributed by atoms with Gasteiger partial charge in [0.05, 0.1) is 13.1 Å². The van der Waals surface area contributed by atoms with Gasteiger partial charge in [-0.2, -0.15) is 5.10 Å². The fraction of sp³-hybridized carbons (Fsp3) is 0.474. The molecule has 3 N–H and O–H groups in total. The molecule has 0 bridgehead atoms. The second-order valence-corrected chi connectivity index (χ2v) is 6.67. The van der Waals surface area contributed by atoms with Gasteiger partial charge in [0.25, 0.3) is 0 Å². The van der Waals surface area contributed by atoms with Crippen molar-refractivity contribution >= 4 is 41.5 Å². The van der Waals surface area contributed by atoms with Crippen LogP contribution in [0.15, 0.2) is 35.6 Å². The molecule has 3 rings (SSSR count). The first-order valence-electron chi connectivity index (χ1n) is 9.40. The van der Waals surface area contributed by atoms with E-state index < -0.39 is 0 Å². The van der Waals surface area contributed by atoms with Crippen LogP contribution in [-0.4, -0.2) is 33.2 Å². The highest BCUT2D eigenvalue weighted by Crippen LogP contribution is 2.27. The van der Waals surface area contributed by atoms with Crippen LogP contribution in [0.5, 0.6) is 0 Å². The van der Waals surface area contributed by atoms with Crippen LogP contribution in [0.1, 0.15) is 37.6 Å². The summed E-state index contributed by atoms with van der Waals surface area (Å²) in [7, 11) is 1.86. The monoisotopic (exact) mass is 497 g/mol. The molecule has 8 nitrogen and oxygen atoms in total. The first-order chi connectivity index (χ1) is 13.2. The third kappa shape index (κ3) is 6.18. The second kappa shape index (κ2) is 11.0. The highest BCUT2D eigenvalue weighted by atomic mass is 127. The van der Waals surface area contributed by atoms with E-state index in [2.05, 4.69) is 31.0 Å². The number of aryl methyl sites for hydroxylation is 1. The van der Waals surface area contributed by atoms with Crippen molar-refractivity contribution in [1.82, 2.24) is 25.4 Å². The van der Waals surface area contributed by atoms with Crippen LogP contribution >= 0.6 is 24.0 Å². The van der Waals surface area contributed by atoms with Gasteiger partial charge in [0.15, 0.2) is 5.96 Å². The minimum atomic E-state index is 0. The molecule has 1 aliphatic rings. The topological polar surface area (TPSA) is 96.2 Å². The molecule has 1 aromatic heterocycles. The van der Waals surface area contributed by atoms with E-state index in [-0.39, 0.29) is 35.8 Å². The smallest absolute Gasteiger partial charge is 0.227 e. The van der Waals surface area contributed by atoms with Crippen LogP contribution in [0.3, 0.4) is 0 Å². The summed E-state index contributed by atoms with van der Waals surface area (Å²) in [4.78, 5) is 20.9. The normalized spacial score (nSPS) is 14.0. The number of benzene rings is 1. The lowest BCUT2D eigenvalue weighted by Crippen LogP contribution is -2.37. The quantitative estimate of drug-likeness (QED) is 0.310. The molecule has 2 aromatic rings. The SMILES string of the molecule is CCNC(=NCc1cccc(NC(=O)C2CCC2)c1)NCc1ncnn1C.I. The average Bonchev–Trinajstić information content (AvgIpc) is 3.01. The summed E-state index contributed by atoms with van der Waals surface area (Å²) < 4.78 is 1.73. The van der Waals surface area contributed by atoms with Crippen molar-refractivity contribution in [2.24, 2.45) is 18.0 Å². The van der Waals surface area contributed by atoms with E-state index in [0.717, 1.165) is 42.9 Å². The van der Waals surface area contributed by atoms with E-state index in [9.17, 15) is 4.79 Å². The minimum absolute atomic E-state index is 0. The Kier molecular flexibility index (Phi) is 8.68. The summed E-state index contributed by atoms with van der Waals surface area (Å²) >= 11 is 0. The molecule has 1 fully saturated rings. The lowest BCUT2D eigenvalue weighted by molar-refractivity contribution is -0.122. The molecule has 0 unspecified atom stereocenters. The number of hydrogen-bond donors (Lipinski definition) is 3. The van der Waals surface area contributed by atoms with Gasteiger partial charge in [0.2, 0.25) is 5.91 Å². The number of hydrogen-bond acceptors (Lipinski definition) is 4. The lowest BCUT2D eigenvalue weighted by atomic mass is 9.85. The summed E-state index contributed by atoms with van der Waals surface area (Å²) in [5, 5.41) is 13.6. The summed E-state index contributed by atoms with van der Waals surface area (Å²) in [5.41, 5.74) is 1.87. The highest BCUT2D eigenvalue weighted by molar-refractivity contribution is 14.0. The fourth-order valence-electron chi connectivity index (χ4n) is 2.82. The zero-order valence-electron chi connectivity index (χ0n) is 16.3. The van der Waals surface area contributed by atoms with Gasteiger partial charge in [-0.15, -0.1) is 24.0 Å². The van der Waals surface area contributed by atoms with Crippen LogP contribution in [0.4, 0.5) is 5.69 Å². The fourth-order valence-corrected chi connectivity index (χ4v) is 2.82. The number of nitrogens with zero attached hydrogens (tertiary/aromatic N) is 4. The number of anilines is 1. The Morgan fingerprint density at radius 3 is 2.79 bits per heavy atom. The van der Waals surface area contributed by atoms with E-state index in [1.807, 2.05) is 38.2 Å². The molecule has 0 saturated heterocycles. The number of guanidine groups is 1. The molecule has 0 aliphatic heterocycles. The number of carbonyl (C=O) groups is 1. The van der Waals surface area contributed by atoms with E-state index in [4.69, 9.17) is 0 Å². The molecule has 0 atom stereocenters. The minimum Gasteiger partial charge on any atom is -0.357 e. The van der Waals surface area contributed by atoms with Crippen LogP contribution in [0.25, 0.3) is 0 Å². The molecule has 1 aliphatic carbocycles. The van der Waals surface area contributed by atoms with Crippen molar-refractivity contribution < 1.29 is 4.79 Å². The van der Waals surface area contributed by atoms with Crippen molar-refractivity contribution in [2.75, 3.05) is 11.9 Å². The molecular formula is C19H28IN7O. The van der Waals surface area contributed by atoms with E-state index in [0.29, 0.717) is 19.0 Å². The maximum atomic E-state index is 12.1. The largest absolute Gasteiger partial charge is 0.357 e. The summed E-state index contributed by atoms with van der Waals surface area (Å²) in [5.74, 6) is 1.85. The standard InChI is InChI=1S/C19H27N7O.HI/c1-3-20-19(22-12-17-23-13-24-26(17)2)21-11-14-6-4-9-16(10-14)25-18(27)15-7-5-8-15;/h4,6,9-10,13,15H,3,5,7-8,11-12H2,1-2H3,(H,25,27)(H2,20,21,22);1H. The molecule has 1 aromatic carbocycles. The van der Waals surface area contributed by atoms with Gasteiger partial charge >= 0.3 is 0 Å². The second-order valence-electron chi connectivity index (χ2n) is 6.67. The summed E-state index contributed by atoms with van der Waals surface area (Å²) in [6.45, 7) is 3.85. The van der Waals surface area contributed by atoms with Crippen LogP contribution in [-0.2, 0) is 24.9 Å². The van der Waals surface area contributed by atoms with Crippen LogP contribution < -0.4 is 16.0 Å². The number of amides is 1. The van der Waals surface area contributed by atoms with Crippen molar-refractivity contribution in [1.29, 1.82) is 0 Å². The number of aromatic nitrogens is 3. The zero-order valence-corrected chi connectivity index (χ0v) is 18.6. The third-order valence-corrected chi connectivity index (χ3v) is 4.65. The van der Waals surface area contributed by atoms with Crippen molar-refractivity contribution in [3.05, 3.63) is 42.0 Å². The predicted molar refractivity (Wildman–Crippen MR) is 120 cm³/mol. The van der Waals surface area contributed by atoms with Gasteiger partial charge in [0.1, 0.15) is 12.2 Å². The number of nitrogens with one attached hydrogen (secondary N) is 3. The molecule has 1 heterocycles. The first-order valence-corrected chi connectivity index (χ1v) is 9.40. The Morgan fingerprint density at radius 2 is 2.14 bits per heavy atom. The molecule has 152 valence electrons. The van der Waals surface area contributed by atoms with Gasteiger partial charge in [-0.3, -0.25) is 9.48 Å². The van der Waals surface area contributed by atoms with E-state index >= 15 is 0 Å². The molecule has 1 amide bonds. The Bertz CT molecular complexity index is 801. The summed E-state index contributed by atoms with van der Waals surface area (Å²) in [6.07, 6.45) is 4.68. The van der Waals surface area contributed by atoms with Crippen LogP contribution in [0, 0.1) is 5.92 Å². The molecule has 28 heavy (non-hydrogen) atoms. The average molecular weight is 497 g/mol. The highest BCUT2D eigenvalue weighted by Gasteiger charge is 2.25. The number of rotatable bonds is 7. The first kappa shape index (κ1) is 22.1. The Balaban J connectivity index is 0.00000280. The van der Waals surface area contributed by atoms with Gasteiger partial charge in [-0.25, -0.2) is 9.98 Å². The molecule has 0 radical (unpaired) electrons. The summed E-state index contributed by atoms with van der Waals surface area (Å²) in [6, 6.07) is 7.85. The lowest BCUT2D eigenvalue weighted by Gasteiger charge is -2.24. The van der Waals surface area contributed by atoms with E-state index in [1.165, 1.54) is 6.33 Å². The molecule has 0 spiro atoms. The van der Waals surface area contributed by atoms with Crippen molar-refractivity contribution in [2.45, 2.75) is 39.3 Å². The van der Waals surface area contributed by atoms with Crippen LogP contribution in [0.2, 0.25) is 0 Å². The number of carbonyl (C=O) groups excluding carboxylic acids is 1. The predicted octanol–water partition coefficient (Wildman–Crippen LogP) is 2.43.